The number of carbonyl (C=O) groups is 2. The largest absolute Gasteiger partial charge is 0.481 e. The van der Waals surface area contributed by atoms with Gasteiger partial charge in [0.2, 0.25) is 5.91 Å². The van der Waals surface area contributed by atoms with Crippen LogP contribution in [0.15, 0.2) is 0 Å². The average molecular weight is 259 g/mol. The Balaban J connectivity index is 4.41. The van der Waals surface area contributed by atoms with Crippen molar-refractivity contribution in [2.45, 2.75) is 53.1 Å². The molecule has 0 saturated carbocycles. The first-order valence-corrected chi connectivity index (χ1v) is 6.47. The number of hydrogen-bond donors (Lipinski definition) is 3. The summed E-state index contributed by atoms with van der Waals surface area (Å²) >= 11 is 0. The Bertz CT molecular complexity index is 285. The minimum absolute atomic E-state index is 0.0415. The van der Waals surface area contributed by atoms with Crippen molar-refractivity contribution < 1.29 is 19.8 Å². The van der Waals surface area contributed by atoms with Crippen molar-refractivity contribution in [3.8, 4) is 0 Å². The van der Waals surface area contributed by atoms with Crippen LogP contribution in [0.3, 0.4) is 0 Å². The highest BCUT2D eigenvalue weighted by Gasteiger charge is 2.37. The van der Waals surface area contributed by atoms with Gasteiger partial charge in [0.1, 0.15) is 0 Å². The fraction of sp³-hybridized carbons (Fsp3) is 0.846. The van der Waals surface area contributed by atoms with Gasteiger partial charge in [0.25, 0.3) is 0 Å². The lowest BCUT2D eigenvalue weighted by molar-refractivity contribution is -0.152. The van der Waals surface area contributed by atoms with Crippen LogP contribution in [0.1, 0.15) is 47.0 Å². The average Bonchev–Trinajstić information content (AvgIpc) is 2.32. The molecule has 5 heteroatoms. The highest BCUT2D eigenvalue weighted by molar-refractivity contribution is 5.84. The summed E-state index contributed by atoms with van der Waals surface area (Å²) < 4.78 is 0. The van der Waals surface area contributed by atoms with Gasteiger partial charge in [-0.1, -0.05) is 27.7 Å². The van der Waals surface area contributed by atoms with E-state index < -0.39 is 17.5 Å². The zero-order valence-corrected chi connectivity index (χ0v) is 11.7. The first kappa shape index (κ1) is 16.9. The molecule has 0 bridgehead atoms. The monoisotopic (exact) mass is 259 g/mol. The summed E-state index contributed by atoms with van der Waals surface area (Å²) in [4.78, 5) is 23.0. The summed E-state index contributed by atoms with van der Waals surface area (Å²) in [6, 6.07) is 0. The van der Waals surface area contributed by atoms with Crippen molar-refractivity contribution in [3.05, 3.63) is 0 Å². The molecule has 3 N–H and O–H groups in total. The highest BCUT2D eigenvalue weighted by atomic mass is 16.4. The molecule has 0 radical (unpaired) electrons. The van der Waals surface area contributed by atoms with Crippen molar-refractivity contribution in [2.75, 3.05) is 6.54 Å². The van der Waals surface area contributed by atoms with Crippen LogP contribution in [0.25, 0.3) is 0 Å². The smallest absolute Gasteiger partial charge is 0.310 e. The Morgan fingerprint density at radius 2 is 1.72 bits per heavy atom. The fourth-order valence-electron chi connectivity index (χ4n) is 1.70. The number of hydrogen-bond acceptors (Lipinski definition) is 3. The van der Waals surface area contributed by atoms with Gasteiger partial charge in [0, 0.05) is 13.0 Å². The Kier molecular flexibility index (Phi) is 6.91. The Morgan fingerprint density at radius 3 is 2.06 bits per heavy atom. The Labute approximate surface area is 109 Å². The van der Waals surface area contributed by atoms with Crippen LogP contribution >= 0.6 is 0 Å². The van der Waals surface area contributed by atoms with E-state index in [2.05, 4.69) is 5.32 Å². The molecular weight excluding hydrogens is 234 g/mol. The molecule has 18 heavy (non-hydrogen) atoms. The number of carboxylic acid groups (broad SMARTS) is 1. The number of aliphatic carboxylic acids is 1. The van der Waals surface area contributed by atoms with E-state index in [0.29, 0.717) is 12.8 Å². The minimum atomic E-state index is -0.993. The number of amides is 1. The number of aliphatic hydroxyl groups excluding tert-OH is 1. The normalized spacial score (nSPS) is 13.4. The molecule has 0 aliphatic heterocycles. The summed E-state index contributed by atoms with van der Waals surface area (Å²) in [6.07, 6.45) is 0.189. The maximum absolute atomic E-state index is 11.7. The van der Waals surface area contributed by atoms with E-state index in [4.69, 9.17) is 0 Å². The van der Waals surface area contributed by atoms with E-state index >= 15 is 0 Å². The van der Waals surface area contributed by atoms with E-state index in [9.17, 15) is 19.8 Å². The maximum atomic E-state index is 11.7. The molecule has 0 aromatic heterocycles. The molecule has 5 nitrogen and oxygen atoms in total. The van der Waals surface area contributed by atoms with Crippen LogP contribution in [0.4, 0.5) is 0 Å². The number of nitrogens with one attached hydrogen (secondary N) is 1. The summed E-state index contributed by atoms with van der Waals surface area (Å²) in [5, 5.41) is 21.4. The standard InChI is InChI=1S/C13H25NO4/c1-5-13(6-2,12(17)18)7-11(16)14-8-10(15)9(3)4/h9-10,15H,5-8H2,1-4H3,(H,14,16)(H,17,18). The van der Waals surface area contributed by atoms with Crippen LogP contribution in [0.5, 0.6) is 0 Å². The molecular formula is C13H25NO4. The van der Waals surface area contributed by atoms with Crippen LogP contribution in [0, 0.1) is 11.3 Å². The van der Waals surface area contributed by atoms with Gasteiger partial charge in [-0.05, 0) is 18.8 Å². The van der Waals surface area contributed by atoms with Gasteiger partial charge in [-0.25, -0.2) is 0 Å². The summed E-state index contributed by atoms with van der Waals surface area (Å²) in [5.41, 5.74) is -0.993. The number of rotatable bonds is 8. The first-order valence-electron chi connectivity index (χ1n) is 6.47. The van der Waals surface area contributed by atoms with Gasteiger partial charge >= 0.3 is 5.97 Å². The van der Waals surface area contributed by atoms with Crippen LogP contribution in [-0.2, 0) is 9.59 Å². The van der Waals surface area contributed by atoms with Crippen LogP contribution < -0.4 is 5.32 Å². The molecule has 0 rings (SSSR count). The third-order valence-electron chi connectivity index (χ3n) is 3.58. The number of aliphatic hydroxyl groups is 1. The summed E-state index contributed by atoms with van der Waals surface area (Å²) in [6.45, 7) is 7.42. The minimum Gasteiger partial charge on any atom is -0.481 e. The Morgan fingerprint density at radius 1 is 1.22 bits per heavy atom. The molecule has 0 heterocycles. The van der Waals surface area contributed by atoms with Gasteiger partial charge in [0.15, 0.2) is 0 Å². The molecule has 0 aliphatic rings. The predicted molar refractivity (Wildman–Crippen MR) is 69.1 cm³/mol. The van der Waals surface area contributed by atoms with E-state index in [-0.39, 0.29) is 24.8 Å². The van der Waals surface area contributed by atoms with Gasteiger partial charge in [-0.15, -0.1) is 0 Å². The zero-order valence-electron chi connectivity index (χ0n) is 11.7. The molecule has 0 aromatic carbocycles. The highest BCUT2D eigenvalue weighted by Crippen LogP contribution is 2.30. The number of carbonyl (C=O) groups excluding carboxylic acids is 1. The van der Waals surface area contributed by atoms with Gasteiger partial charge in [-0.2, -0.15) is 0 Å². The second-order valence-corrected chi connectivity index (χ2v) is 5.08. The van der Waals surface area contributed by atoms with E-state index in [1.165, 1.54) is 0 Å². The van der Waals surface area contributed by atoms with Crippen molar-refractivity contribution in [1.82, 2.24) is 5.32 Å². The number of carboxylic acids is 1. The molecule has 0 fully saturated rings. The zero-order chi connectivity index (χ0) is 14.3. The van der Waals surface area contributed by atoms with Crippen molar-refractivity contribution >= 4 is 11.9 Å². The third kappa shape index (κ3) is 4.64. The molecule has 106 valence electrons. The molecule has 0 spiro atoms. The molecule has 1 atom stereocenters. The lowest BCUT2D eigenvalue weighted by atomic mass is 9.79. The quantitative estimate of drug-likeness (QED) is 0.615. The van der Waals surface area contributed by atoms with Gasteiger partial charge < -0.3 is 15.5 Å². The van der Waals surface area contributed by atoms with Crippen LogP contribution in [0.2, 0.25) is 0 Å². The third-order valence-corrected chi connectivity index (χ3v) is 3.58. The SMILES string of the molecule is CCC(CC)(CC(=O)NCC(O)C(C)C)C(=O)O. The lowest BCUT2D eigenvalue weighted by Crippen LogP contribution is -2.40. The molecule has 0 aromatic rings. The molecule has 0 saturated heterocycles. The van der Waals surface area contributed by atoms with Crippen molar-refractivity contribution in [1.29, 1.82) is 0 Å². The lowest BCUT2D eigenvalue weighted by Gasteiger charge is -2.26. The predicted octanol–water partition coefficient (Wildman–Crippen LogP) is 1.40. The second-order valence-electron chi connectivity index (χ2n) is 5.08. The van der Waals surface area contributed by atoms with E-state index in [0.717, 1.165) is 0 Å². The van der Waals surface area contributed by atoms with Crippen molar-refractivity contribution in [2.24, 2.45) is 11.3 Å². The second kappa shape index (κ2) is 7.36. The topological polar surface area (TPSA) is 86.6 Å². The summed E-state index contributed by atoms with van der Waals surface area (Å²) in [7, 11) is 0. The first-order chi connectivity index (χ1) is 8.29. The van der Waals surface area contributed by atoms with E-state index in [1.807, 2.05) is 13.8 Å². The van der Waals surface area contributed by atoms with Crippen LogP contribution in [-0.4, -0.2) is 34.7 Å². The maximum Gasteiger partial charge on any atom is 0.310 e. The van der Waals surface area contributed by atoms with Gasteiger partial charge in [0.05, 0.1) is 11.5 Å². The Hall–Kier alpha value is -1.10. The molecule has 1 amide bonds. The molecule has 0 aliphatic carbocycles. The van der Waals surface area contributed by atoms with Crippen molar-refractivity contribution in [3.63, 3.8) is 0 Å². The van der Waals surface area contributed by atoms with E-state index in [1.54, 1.807) is 13.8 Å². The fourth-order valence-corrected chi connectivity index (χ4v) is 1.70. The molecule has 1 unspecified atom stereocenters. The summed E-state index contributed by atoms with van der Waals surface area (Å²) in [5.74, 6) is -1.19. The van der Waals surface area contributed by atoms with Gasteiger partial charge in [-0.3, -0.25) is 9.59 Å².